The smallest absolute Gasteiger partial charge is 0.358 e. The van der Waals surface area contributed by atoms with E-state index in [2.05, 4.69) is 26.2 Å². The van der Waals surface area contributed by atoms with Gasteiger partial charge >= 0.3 is 5.97 Å². The molecule has 0 amide bonds. The van der Waals surface area contributed by atoms with Gasteiger partial charge in [0, 0.05) is 9.50 Å². The van der Waals surface area contributed by atoms with Crippen LogP contribution in [0.15, 0.2) is 22.7 Å². The van der Waals surface area contributed by atoms with E-state index in [1.54, 1.807) is 18.2 Å². The lowest BCUT2D eigenvalue weighted by molar-refractivity contribution is 0.0688. The Hall–Kier alpha value is -1.40. The molecule has 2 aromatic rings. The molecule has 0 spiro atoms. The van der Waals surface area contributed by atoms with E-state index in [-0.39, 0.29) is 11.6 Å². The monoisotopic (exact) mass is 343 g/mol. The lowest BCUT2D eigenvalue weighted by atomic mass is 10.1. The average molecular weight is 345 g/mol. The van der Waals surface area contributed by atoms with Crippen LogP contribution in [0.25, 0.3) is 5.69 Å². The minimum Gasteiger partial charge on any atom is -0.476 e. The van der Waals surface area contributed by atoms with E-state index in [0.717, 1.165) is 4.47 Å². The van der Waals surface area contributed by atoms with Gasteiger partial charge in [-0.2, -0.15) is 0 Å². The molecule has 0 saturated heterocycles. The van der Waals surface area contributed by atoms with Gasteiger partial charge in [-0.3, -0.25) is 0 Å². The Labute approximate surface area is 123 Å². The molecule has 0 saturated carbocycles. The van der Waals surface area contributed by atoms with Gasteiger partial charge in [-0.05, 0) is 40.0 Å². The van der Waals surface area contributed by atoms with Crippen molar-refractivity contribution in [2.75, 3.05) is 0 Å². The van der Waals surface area contributed by atoms with Crippen LogP contribution in [-0.2, 0) is 0 Å². The van der Waals surface area contributed by atoms with E-state index >= 15 is 0 Å². The average Bonchev–Trinajstić information content (AvgIpc) is 2.76. The summed E-state index contributed by atoms with van der Waals surface area (Å²) >= 11 is 9.37. The Bertz CT molecular complexity index is 640. The van der Waals surface area contributed by atoms with Gasteiger partial charge in [0.2, 0.25) is 0 Å². The third-order valence-corrected chi connectivity index (χ3v) is 3.50. The molecule has 1 N–H and O–H groups in total. The first-order valence-corrected chi connectivity index (χ1v) is 6.73. The van der Waals surface area contributed by atoms with Crippen LogP contribution in [0.5, 0.6) is 0 Å². The van der Waals surface area contributed by atoms with Crippen molar-refractivity contribution >= 4 is 33.5 Å². The number of benzene rings is 1. The summed E-state index contributed by atoms with van der Waals surface area (Å²) in [5, 5.41) is 17.3. The molecule has 0 atom stereocenters. The lowest BCUT2D eigenvalue weighted by Gasteiger charge is -2.11. The predicted molar refractivity (Wildman–Crippen MR) is 75.1 cm³/mol. The Morgan fingerprint density at radius 1 is 1.47 bits per heavy atom. The largest absolute Gasteiger partial charge is 0.476 e. The summed E-state index contributed by atoms with van der Waals surface area (Å²) in [6, 6.07) is 5.22. The molecule has 1 aromatic carbocycles. The Morgan fingerprint density at radius 3 is 2.74 bits per heavy atom. The van der Waals surface area contributed by atoms with Crippen LogP contribution in [0.2, 0.25) is 5.02 Å². The van der Waals surface area contributed by atoms with Gasteiger partial charge in [0.15, 0.2) is 5.69 Å². The summed E-state index contributed by atoms with van der Waals surface area (Å²) in [4.78, 5) is 11.2. The standard InChI is InChI=1S/C12H11BrClN3O2/c1-6(2)11-10(12(18)19)15-16-17(11)9-5-7(14)3-4-8(9)13/h3-6H,1-2H3,(H,18,19). The zero-order chi connectivity index (χ0) is 14.2. The van der Waals surface area contributed by atoms with Crippen LogP contribution in [0.4, 0.5) is 0 Å². The van der Waals surface area contributed by atoms with Crippen molar-refractivity contribution in [2.45, 2.75) is 19.8 Å². The van der Waals surface area contributed by atoms with Gasteiger partial charge in [0.05, 0.1) is 11.4 Å². The minimum atomic E-state index is -1.09. The first-order chi connectivity index (χ1) is 8.91. The molecule has 0 radical (unpaired) electrons. The Kier molecular flexibility index (Phi) is 3.91. The lowest BCUT2D eigenvalue weighted by Crippen LogP contribution is -2.09. The van der Waals surface area contributed by atoms with Crippen LogP contribution in [0, 0.1) is 0 Å². The summed E-state index contributed by atoms with van der Waals surface area (Å²) < 4.78 is 2.27. The molecule has 7 heteroatoms. The fourth-order valence-electron chi connectivity index (χ4n) is 1.79. The van der Waals surface area contributed by atoms with Crippen LogP contribution in [0.3, 0.4) is 0 Å². The maximum Gasteiger partial charge on any atom is 0.358 e. The van der Waals surface area contributed by atoms with E-state index in [0.29, 0.717) is 16.4 Å². The van der Waals surface area contributed by atoms with Crippen molar-refractivity contribution in [3.63, 3.8) is 0 Å². The highest BCUT2D eigenvalue weighted by atomic mass is 79.9. The van der Waals surface area contributed by atoms with Gasteiger partial charge in [-0.25, -0.2) is 9.48 Å². The van der Waals surface area contributed by atoms with Crippen molar-refractivity contribution in [2.24, 2.45) is 0 Å². The molecule has 0 fully saturated rings. The van der Waals surface area contributed by atoms with E-state index < -0.39 is 5.97 Å². The van der Waals surface area contributed by atoms with Gasteiger partial charge in [-0.15, -0.1) is 5.10 Å². The van der Waals surface area contributed by atoms with Crippen LogP contribution in [-0.4, -0.2) is 26.1 Å². The van der Waals surface area contributed by atoms with Crippen molar-refractivity contribution in [3.8, 4) is 5.69 Å². The number of hydrogen-bond acceptors (Lipinski definition) is 3. The zero-order valence-electron chi connectivity index (χ0n) is 10.3. The molecular formula is C12H11BrClN3O2. The van der Waals surface area contributed by atoms with Crippen molar-refractivity contribution in [1.82, 2.24) is 15.0 Å². The first-order valence-electron chi connectivity index (χ1n) is 5.56. The number of rotatable bonds is 3. The fourth-order valence-corrected chi connectivity index (χ4v) is 2.37. The summed E-state index contributed by atoms with van der Waals surface area (Å²) in [6.45, 7) is 3.78. The quantitative estimate of drug-likeness (QED) is 0.925. The number of aromatic carboxylic acids is 1. The normalized spacial score (nSPS) is 11.0. The summed E-state index contributed by atoms with van der Waals surface area (Å²) in [5.74, 6) is -1.12. The van der Waals surface area contributed by atoms with E-state index in [9.17, 15) is 4.79 Å². The molecule has 5 nitrogen and oxygen atoms in total. The highest BCUT2D eigenvalue weighted by Crippen LogP contribution is 2.28. The molecule has 1 heterocycles. The molecule has 0 aliphatic rings. The second kappa shape index (κ2) is 5.30. The number of nitrogens with zero attached hydrogens (tertiary/aromatic N) is 3. The Balaban J connectivity index is 2.69. The van der Waals surface area contributed by atoms with Gasteiger partial charge in [-0.1, -0.05) is 30.7 Å². The fraction of sp³-hybridized carbons (Fsp3) is 0.250. The maximum absolute atomic E-state index is 11.2. The number of carbonyl (C=O) groups is 1. The Morgan fingerprint density at radius 2 is 2.16 bits per heavy atom. The predicted octanol–water partition coefficient (Wildman–Crippen LogP) is 3.50. The SMILES string of the molecule is CC(C)c1c(C(=O)O)nnn1-c1cc(Cl)ccc1Br. The molecule has 0 bridgehead atoms. The van der Waals surface area contributed by atoms with E-state index in [4.69, 9.17) is 16.7 Å². The molecule has 19 heavy (non-hydrogen) atoms. The minimum absolute atomic E-state index is 0.0352. The molecular weight excluding hydrogens is 334 g/mol. The van der Waals surface area contributed by atoms with Crippen LogP contribution >= 0.6 is 27.5 Å². The molecule has 0 aliphatic carbocycles. The van der Waals surface area contributed by atoms with Gasteiger partial charge < -0.3 is 5.11 Å². The third-order valence-electron chi connectivity index (χ3n) is 2.59. The van der Waals surface area contributed by atoms with E-state index in [1.165, 1.54) is 4.68 Å². The highest BCUT2D eigenvalue weighted by molar-refractivity contribution is 9.10. The second-order valence-corrected chi connectivity index (χ2v) is 5.58. The molecule has 1 aromatic heterocycles. The molecule has 0 unspecified atom stereocenters. The van der Waals surface area contributed by atoms with Gasteiger partial charge in [0.25, 0.3) is 0 Å². The summed E-state index contributed by atoms with van der Waals surface area (Å²) in [6.07, 6.45) is 0. The summed E-state index contributed by atoms with van der Waals surface area (Å²) in [5.41, 5.74) is 1.16. The number of halogens is 2. The topological polar surface area (TPSA) is 68.0 Å². The van der Waals surface area contributed by atoms with Crippen molar-refractivity contribution < 1.29 is 9.90 Å². The maximum atomic E-state index is 11.2. The molecule has 2 rings (SSSR count). The van der Waals surface area contributed by atoms with Gasteiger partial charge in [0.1, 0.15) is 0 Å². The number of hydrogen-bond donors (Lipinski definition) is 1. The molecule has 100 valence electrons. The van der Waals surface area contributed by atoms with E-state index in [1.807, 2.05) is 13.8 Å². The summed E-state index contributed by atoms with van der Waals surface area (Å²) in [7, 11) is 0. The first kappa shape index (κ1) is 14.0. The van der Waals surface area contributed by atoms with Crippen molar-refractivity contribution in [1.29, 1.82) is 0 Å². The van der Waals surface area contributed by atoms with Crippen molar-refractivity contribution in [3.05, 3.63) is 39.1 Å². The van der Waals surface area contributed by atoms with Crippen LogP contribution < -0.4 is 0 Å². The highest BCUT2D eigenvalue weighted by Gasteiger charge is 2.23. The zero-order valence-corrected chi connectivity index (χ0v) is 12.6. The number of aromatic nitrogens is 3. The van der Waals surface area contributed by atoms with Crippen LogP contribution in [0.1, 0.15) is 35.9 Å². The third kappa shape index (κ3) is 2.64. The number of carboxylic acid groups (broad SMARTS) is 1. The second-order valence-electron chi connectivity index (χ2n) is 4.29. The molecule has 0 aliphatic heterocycles. The number of carboxylic acids is 1.